The van der Waals surface area contributed by atoms with Crippen molar-refractivity contribution < 1.29 is 9.59 Å². The summed E-state index contributed by atoms with van der Waals surface area (Å²) in [7, 11) is 0. The number of hydrogen-bond acceptors (Lipinski definition) is 3. The molecule has 0 aliphatic heterocycles. The van der Waals surface area contributed by atoms with Gasteiger partial charge >= 0.3 is 0 Å². The second-order valence-electron chi connectivity index (χ2n) is 7.07. The number of rotatable bonds is 7. The number of nitrogens with zero attached hydrogens (tertiary/aromatic N) is 2. The lowest BCUT2D eigenvalue weighted by atomic mass is 9.98. The third-order valence-electron chi connectivity index (χ3n) is 4.99. The van der Waals surface area contributed by atoms with Gasteiger partial charge in [0.1, 0.15) is 0 Å². The maximum absolute atomic E-state index is 13.0. The molecule has 1 heterocycles. The molecule has 5 nitrogen and oxygen atoms in total. The summed E-state index contributed by atoms with van der Waals surface area (Å²) in [6, 6.07) is 22.0. The van der Waals surface area contributed by atoms with Crippen molar-refractivity contribution in [3.05, 3.63) is 124 Å². The molecule has 0 fully saturated rings. The van der Waals surface area contributed by atoms with Crippen molar-refractivity contribution in [2.45, 2.75) is 13.1 Å². The molecule has 0 aliphatic rings. The van der Waals surface area contributed by atoms with Crippen LogP contribution in [-0.4, -0.2) is 21.2 Å². The highest BCUT2D eigenvalue weighted by molar-refractivity contribution is 9.10. The molecule has 154 valence electrons. The minimum Gasteiger partial charge on any atom is -0.348 e. The second-order valence-corrected chi connectivity index (χ2v) is 7.98. The van der Waals surface area contributed by atoms with E-state index in [1.54, 1.807) is 48.9 Å². The van der Waals surface area contributed by atoms with Crippen LogP contribution in [0.5, 0.6) is 0 Å². The summed E-state index contributed by atoms with van der Waals surface area (Å²) in [4.78, 5) is 30.0. The van der Waals surface area contributed by atoms with E-state index >= 15 is 0 Å². The largest absolute Gasteiger partial charge is 0.348 e. The first-order chi connectivity index (χ1) is 15.1. The van der Waals surface area contributed by atoms with Gasteiger partial charge in [-0.2, -0.15) is 0 Å². The first kappa shape index (κ1) is 20.8. The predicted octanol–water partition coefficient (Wildman–Crippen LogP) is 4.85. The van der Waals surface area contributed by atoms with E-state index in [0.717, 1.165) is 15.6 Å². The molecule has 4 aromatic rings. The zero-order valence-electron chi connectivity index (χ0n) is 16.7. The summed E-state index contributed by atoms with van der Waals surface area (Å²) >= 11 is 3.38. The summed E-state index contributed by atoms with van der Waals surface area (Å²) in [5.41, 5.74) is 3.40. The number of amides is 1. The van der Waals surface area contributed by atoms with E-state index in [1.165, 1.54) is 0 Å². The van der Waals surface area contributed by atoms with Gasteiger partial charge in [0, 0.05) is 41.1 Å². The minimum absolute atomic E-state index is 0.182. The van der Waals surface area contributed by atoms with Crippen LogP contribution in [0, 0.1) is 0 Å². The van der Waals surface area contributed by atoms with Crippen molar-refractivity contribution in [3.63, 3.8) is 0 Å². The summed E-state index contributed by atoms with van der Waals surface area (Å²) in [5, 5.41) is 2.97. The van der Waals surface area contributed by atoms with E-state index in [4.69, 9.17) is 0 Å². The maximum Gasteiger partial charge on any atom is 0.252 e. The zero-order chi connectivity index (χ0) is 21.6. The highest BCUT2D eigenvalue weighted by Crippen LogP contribution is 2.18. The molecule has 0 aliphatic carbocycles. The third kappa shape index (κ3) is 4.98. The maximum atomic E-state index is 13.0. The second kappa shape index (κ2) is 9.53. The summed E-state index contributed by atoms with van der Waals surface area (Å²) in [6.07, 6.45) is 5.41. The van der Waals surface area contributed by atoms with E-state index in [-0.39, 0.29) is 11.7 Å². The number of hydrogen-bond donors (Lipinski definition) is 1. The zero-order valence-corrected chi connectivity index (χ0v) is 18.2. The number of benzene rings is 3. The molecular formula is C25H20BrN3O2. The van der Waals surface area contributed by atoms with Gasteiger partial charge in [-0.15, -0.1) is 0 Å². The molecule has 31 heavy (non-hydrogen) atoms. The van der Waals surface area contributed by atoms with Crippen LogP contribution in [0.2, 0.25) is 0 Å². The minimum atomic E-state index is -0.279. The van der Waals surface area contributed by atoms with Gasteiger partial charge in [-0.3, -0.25) is 9.59 Å². The number of halogens is 1. The fourth-order valence-corrected chi connectivity index (χ4v) is 3.63. The monoisotopic (exact) mass is 473 g/mol. The van der Waals surface area contributed by atoms with Crippen molar-refractivity contribution in [1.29, 1.82) is 0 Å². The molecule has 0 bridgehead atoms. The van der Waals surface area contributed by atoms with Crippen LogP contribution < -0.4 is 5.32 Å². The van der Waals surface area contributed by atoms with Crippen LogP contribution in [0.4, 0.5) is 0 Å². The van der Waals surface area contributed by atoms with Crippen molar-refractivity contribution in [1.82, 2.24) is 14.9 Å². The Morgan fingerprint density at radius 2 is 1.55 bits per heavy atom. The Hall–Kier alpha value is -3.51. The predicted molar refractivity (Wildman–Crippen MR) is 123 cm³/mol. The lowest BCUT2D eigenvalue weighted by Crippen LogP contribution is -2.25. The Balaban J connectivity index is 1.52. The van der Waals surface area contributed by atoms with E-state index in [1.807, 2.05) is 47.2 Å². The smallest absolute Gasteiger partial charge is 0.252 e. The molecule has 0 saturated heterocycles. The van der Waals surface area contributed by atoms with Crippen molar-refractivity contribution in [2.24, 2.45) is 0 Å². The fourth-order valence-electron chi connectivity index (χ4n) is 3.37. The number of aromatic nitrogens is 2. The average Bonchev–Trinajstić information content (AvgIpc) is 3.31. The van der Waals surface area contributed by atoms with Gasteiger partial charge in [-0.1, -0.05) is 58.4 Å². The van der Waals surface area contributed by atoms with Crippen LogP contribution in [0.15, 0.2) is 96.0 Å². The fraction of sp³-hybridized carbons (Fsp3) is 0.0800. The molecule has 0 saturated carbocycles. The van der Waals surface area contributed by atoms with E-state index in [2.05, 4.69) is 26.2 Å². The average molecular weight is 474 g/mol. The molecule has 1 amide bonds. The molecule has 3 aromatic carbocycles. The molecular weight excluding hydrogens is 454 g/mol. The standard InChI is InChI=1S/C25H20BrN3O2/c26-21-11-9-18(10-12-21)24(30)22-7-3-4-8-23(22)25(31)28-15-19-5-1-2-6-20(19)16-29-14-13-27-17-29/h1-14,17H,15-16H2,(H,28,31). The van der Waals surface area contributed by atoms with Gasteiger partial charge in [0.05, 0.1) is 11.9 Å². The number of imidazole rings is 1. The van der Waals surface area contributed by atoms with Crippen LogP contribution in [-0.2, 0) is 13.1 Å². The summed E-state index contributed by atoms with van der Waals surface area (Å²) in [5.74, 6) is -0.461. The SMILES string of the molecule is O=C(NCc1ccccc1Cn1ccnc1)c1ccccc1C(=O)c1ccc(Br)cc1. The van der Waals surface area contributed by atoms with Gasteiger partial charge in [0.15, 0.2) is 5.78 Å². The van der Waals surface area contributed by atoms with Crippen LogP contribution >= 0.6 is 15.9 Å². The lowest BCUT2D eigenvalue weighted by Gasteiger charge is -2.13. The van der Waals surface area contributed by atoms with Crippen LogP contribution in [0.3, 0.4) is 0 Å². The molecule has 4 rings (SSSR count). The van der Waals surface area contributed by atoms with Crippen LogP contribution in [0.1, 0.15) is 37.4 Å². The van der Waals surface area contributed by atoms with Crippen molar-refractivity contribution in [2.75, 3.05) is 0 Å². The van der Waals surface area contributed by atoms with Crippen molar-refractivity contribution >= 4 is 27.6 Å². The topological polar surface area (TPSA) is 64.0 Å². The third-order valence-corrected chi connectivity index (χ3v) is 5.52. The Morgan fingerprint density at radius 1 is 0.871 bits per heavy atom. The lowest BCUT2D eigenvalue weighted by molar-refractivity contribution is 0.0939. The van der Waals surface area contributed by atoms with Crippen LogP contribution in [0.25, 0.3) is 0 Å². The van der Waals surface area contributed by atoms with E-state index in [0.29, 0.717) is 29.8 Å². The van der Waals surface area contributed by atoms with Gasteiger partial charge in [0.25, 0.3) is 5.91 Å². The Labute approximate surface area is 188 Å². The Morgan fingerprint density at radius 3 is 2.26 bits per heavy atom. The molecule has 1 N–H and O–H groups in total. The molecule has 1 aromatic heterocycles. The molecule has 0 atom stereocenters. The summed E-state index contributed by atoms with van der Waals surface area (Å²) in [6.45, 7) is 1.04. The molecule has 0 spiro atoms. The number of nitrogens with one attached hydrogen (secondary N) is 1. The first-order valence-electron chi connectivity index (χ1n) is 9.82. The van der Waals surface area contributed by atoms with Gasteiger partial charge < -0.3 is 9.88 Å². The van der Waals surface area contributed by atoms with Crippen molar-refractivity contribution in [3.8, 4) is 0 Å². The highest BCUT2D eigenvalue weighted by Gasteiger charge is 2.18. The molecule has 6 heteroatoms. The number of carbonyl (C=O) groups excluding carboxylic acids is 2. The quantitative estimate of drug-likeness (QED) is 0.390. The normalized spacial score (nSPS) is 10.6. The Bertz CT molecular complexity index is 1200. The van der Waals surface area contributed by atoms with Gasteiger partial charge in [-0.05, 0) is 41.5 Å². The van der Waals surface area contributed by atoms with Gasteiger partial charge in [0.2, 0.25) is 0 Å². The van der Waals surface area contributed by atoms with E-state index < -0.39 is 0 Å². The van der Waals surface area contributed by atoms with Gasteiger partial charge in [-0.25, -0.2) is 4.98 Å². The molecule has 0 unspecified atom stereocenters. The molecule has 0 radical (unpaired) electrons. The number of ketones is 1. The Kier molecular flexibility index (Phi) is 6.38. The summed E-state index contributed by atoms with van der Waals surface area (Å²) < 4.78 is 2.87. The highest BCUT2D eigenvalue weighted by atomic mass is 79.9. The first-order valence-corrected chi connectivity index (χ1v) is 10.6. The van der Waals surface area contributed by atoms with E-state index in [9.17, 15) is 9.59 Å². The number of carbonyl (C=O) groups is 2.